The van der Waals surface area contributed by atoms with Gasteiger partial charge in [-0.1, -0.05) is 60.8 Å². The predicted molar refractivity (Wildman–Crippen MR) is 104 cm³/mol. The SMILES string of the molecule is NC(=N\OC(=O)c1c(F)cccc1F)/C(=C/c1ccccc1)C1CCCCC1. The van der Waals surface area contributed by atoms with Gasteiger partial charge in [0, 0.05) is 5.57 Å². The lowest BCUT2D eigenvalue weighted by atomic mass is 9.82. The molecule has 1 aliphatic rings. The summed E-state index contributed by atoms with van der Waals surface area (Å²) in [6.45, 7) is 0. The summed E-state index contributed by atoms with van der Waals surface area (Å²) >= 11 is 0. The Morgan fingerprint density at radius 3 is 2.29 bits per heavy atom. The lowest BCUT2D eigenvalue weighted by Gasteiger charge is -2.24. The van der Waals surface area contributed by atoms with E-state index in [1.54, 1.807) is 0 Å². The summed E-state index contributed by atoms with van der Waals surface area (Å²) in [5, 5.41) is 3.70. The van der Waals surface area contributed by atoms with E-state index in [9.17, 15) is 13.6 Å². The van der Waals surface area contributed by atoms with Crippen LogP contribution in [0.5, 0.6) is 0 Å². The fraction of sp³-hybridized carbons (Fsp3) is 0.273. The quantitative estimate of drug-likeness (QED) is 0.339. The first-order valence-corrected chi connectivity index (χ1v) is 9.32. The molecular formula is C22H22F2N2O2. The summed E-state index contributed by atoms with van der Waals surface area (Å²) in [6, 6.07) is 12.8. The van der Waals surface area contributed by atoms with Crippen LogP contribution in [0.2, 0.25) is 0 Å². The minimum Gasteiger partial charge on any atom is -0.381 e. The van der Waals surface area contributed by atoms with E-state index < -0.39 is 23.2 Å². The van der Waals surface area contributed by atoms with E-state index in [2.05, 4.69) is 5.16 Å². The van der Waals surface area contributed by atoms with Gasteiger partial charge in [-0.15, -0.1) is 0 Å². The van der Waals surface area contributed by atoms with Gasteiger partial charge in [-0.2, -0.15) is 0 Å². The van der Waals surface area contributed by atoms with E-state index in [1.807, 2.05) is 36.4 Å². The number of nitrogens with zero attached hydrogens (tertiary/aromatic N) is 1. The van der Waals surface area contributed by atoms with Crippen LogP contribution in [0.25, 0.3) is 6.08 Å². The molecule has 6 heteroatoms. The van der Waals surface area contributed by atoms with Crippen molar-refractivity contribution in [2.45, 2.75) is 32.1 Å². The van der Waals surface area contributed by atoms with Gasteiger partial charge in [0.05, 0.1) is 0 Å². The normalized spacial score (nSPS) is 16.1. The first-order valence-electron chi connectivity index (χ1n) is 9.32. The highest BCUT2D eigenvalue weighted by atomic mass is 19.1. The Bertz CT molecular complexity index is 868. The molecule has 28 heavy (non-hydrogen) atoms. The number of amidine groups is 1. The molecule has 2 aromatic carbocycles. The van der Waals surface area contributed by atoms with E-state index in [1.165, 1.54) is 12.5 Å². The van der Waals surface area contributed by atoms with E-state index in [0.29, 0.717) is 0 Å². The second-order valence-corrected chi connectivity index (χ2v) is 6.80. The Labute approximate surface area is 162 Å². The molecule has 4 nitrogen and oxygen atoms in total. The Balaban J connectivity index is 1.85. The van der Waals surface area contributed by atoms with Crippen LogP contribution in [0.15, 0.2) is 59.3 Å². The van der Waals surface area contributed by atoms with Crippen molar-refractivity contribution in [2.24, 2.45) is 16.8 Å². The highest BCUT2D eigenvalue weighted by molar-refractivity contribution is 6.01. The summed E-state index contributed by atoms with van der Waals surface area (Å²) in [5.74, 6) is -3.00. The molecule has 2 aromatic rings. The molecule has 0 aliphatic heterocycles. The average molecular weight is 384 g/mol. The number of carbonyl (C=O) groups excluding carboxylic acids is 1. The lowest BCUT2D eigenvalue weighted by Crippen LogP contribution is -2.24. The monoisotopic (exact) mass is 384 g/mol. The number of nitrogens with two attached hydrogens (primary N) is 1. The summed E-state index contributed by atoms with van der Waals surface area (Å²) in [7, 11) is 0. The van der Waals surface area contributed by atoms with Gasteiger partial charge in [0.25, 0.3) is 0 Å². The molecule has 0 heterocycles. The first kappa shape index (κ1) is 19.7. The molecular weight excluding hydrogens is 362 g/mol. The molecule has 1 aliphatic carbocycles. The zero-order valence-electron chi connectivity index (χ0n) is 15.4. The molecule has 146 valence electrons. The summed E-state index contributed by atoms with van der Waals surface area (Å²) in [6.07, 6.45) is 7.20. The third-order valence-corrected chi connectivity index (χ3v) is 4.86. The second kappa shape index (κ2) is 9.26. The van der Waals surface area contributed by atoms with Gasteiger partial charge in [-0.25, -0.2) is 13.6 Å². The van der Waals surface area contributed by atoms with Gasteiger partial charge in [0.2, 0.25) is 0 Å². The van der Waals surface area contributed by atoms with Gasteiger partial charge in [-0.3, -0.25) is 0 Å². The van der Waals surface area contributed by atoms with Crippen molar-refractivity contribution in [3.8, 4) is 0 Å². The molecule has 2 N–H and O–H groups in total. The number of hydrogen-bond acceptors (Lipinski definition) is 3. The number of oxime groups is 1. The highest BCUT2D eigenvalue weighted by Gasteiger charge is 2.23. The van der Waals surface area contributed by atoms with E-state index in [0.717, 1.165) is 49.0 Å². The average Bonchev–Trinajstić information content (AvgIpc) is 2.71. The highest BCUT2D eigenvalue weighted by Crippen LogP contribution is 2.31. The Morgan fingerprint density at radius 1 is 1.00 bits per heavy atom. The molecule has 1 saturated carbocycles. The van der Waals surface area contributed by atoms with Crippen molar-refractivity contribution in [1.29, 1.82) is 0 Å². The minimum absolute atomic E-state index is 0.0425. The summed E-state index contributed by atoms with van der Waals surface area (Å²) in [4.78, 5) is 16.8. The first-order chi connectivity index (χ1) is 13.6. The lowest BCUT2D eigenvalue weighted by molar-refractivity contribution is 0.0504. The van der Waals surface area contributed by atoms with Crippen LogP contribution in [-0.4, -0.2) is 11.8 Å². The van der Waals surface area contributed by atoms with Crippen molar-refractivity contribution in [3.63, 3.8) is 0 Å². The molecule has 0 radical (unpaired) electrons. The van der Waals surface area contributed by atoms with Crippen LogP contribution in [0.4, 0.5) is 8.78 Å². The van der Waals surface area contributed by atoms with Crippen molar-refractivity contribution >= 4 is 17.9 Å². The Hall–Kier alpha value is -3.02. The van der Waals surface area contributed by atoms with E-state index >= 15 is 0 Å². The van der Waals surface area contributed by atoms with E-state index in [4.69, 9.17) is 10.6 Å². The molecule has 3 rings (SSSR count). The summed E-state index contributed by atoms with van der Waals surface area (Å²) < 4.78 is 27.5. The molecule has 0 bridgehead atoms. The van der Waals surface area contributed by atoms with Crippen molar-refractivity contribution in [2.75, 3.05) is 0 Å². The van der Waals surface area contributed by atoms with Gasteiger partial charge in [-0.05, 0) is 42.5 Å². The number of rotatable bonds is 5. The van der Waals surface area contributed by atoms with Crippen LogP contribution in [0, 0.1) is 17.6 Å². The van der Waals surface area contributed by atoms with Gasteiger partial charge >= 0.3 is 5.97 Å². The standard InChI is InChI=1S/C22H22F2N2O2/c23-18-12-7-13-19(24)20(18)22(27)28-26-21(25)17(16-10-5-2-6-11-16)14-15-8-3-1-4-9-15/h1,3-4,7-9,12-14,16H,2,5-6,10-11H2,(H2,25,26)/b17-14+. The van der Waals surface area contributed by atoms with Crippen LogP contribution >= 0.6 is 0 Å². The van der Waals surface area contributed by atoms with Crippen molar-refractivity contribution in [3.05, 3.63) is 76.9 Å². The number of halogens is 2. The van der Waals surface area contributed by atoms with Crippen LogP contribution in [-0.2, 0) is 4.84 Å². The van der Waals surface area contributed by atoms with Crippen molar-refractivity contribution in [1.82, 2.24) is 0 Å². The van der Waals surface area contributed by atoms with Crippen molar-refractivity contribution < 1.29 is 18.4 Å². The maximum Gasteiger partial charge on any atom is 0.371 e. The van der Waals surface area contributed by atoms with Gasteiger partial charge < -0.3 is 10.6 Å². The smallest absolute Gasteiger partial charge is 0.371 e. The fourth-order valence-electron chi connectivity index (χ4n) is 3.43. The molecule has 1 fully saturated rings. The largest absolute Gasteiger partial charge is 0.381 e. The topological polar surface area (TPSA) is 64.7 Å². The van der Waals surface area contributed by atoms with Gasteiger partial charge in [0.15, 0.2) is 5.84 Å². The number of benzene rings is 2. The molecule has 0 saturated heterocycles. The van der Waals surface area contributed by atoms with E-state index in [-0.39, 0.29) is 11.8 Å². The predicted octanol–water partition coefficient (Wildman–Crippen LogP) is 5.06. The molecule has 0 aromatic heterocycles. The zero-order valence-corrected chi connectivity index (χ0v) is 15.4. The minimum atomic E-state index is -1.22. The summed E-state index contributed by atoms with van der Waals surface area (Å²) in [5.41, 5.74) is 7.05. The third kappa shape index (κ3) is 4.82. The Morgan fingerprint density at radius 2 is 1.64 bits per heavy atom. The third-order valence-electron chi connectivity index (χ3n) is 4.86. The van der Waals surface area contributed by atoms with Crippen LogP contribution < -0.4 is 5.73 Å². The molecule has 0 spiro atoms. The van der Waals surface area contributed by atoms with Crippen LogP contribution in [0.3, 0.4) is 0 Å². The molecule has 0 amide bonds. The number of carbonyl (C=O) groups is 1. The second-order valence-electron chi connectivity index (χ2n) is 6.80. The Kier molecular flexibility index (Phi) is 6.53. The maximum atomic E-state index is 13.7. The molecule has 0 unspecified atom stereocenters. The zero-order chi connectivity index (χ0) is 19.9. The number of hydrogen-bond donors (Lipinski definition) is 1. The molecule has 0 atom stereocenters. The maximum absolute atomic E-state index is 13.7. The van der Waals surface area contributed by atoms with Crippen LogP contribution in [0.1, 0.15) is 48.0 Å². The fourth-order valence-corrected chi connectivity index (χ4v) is 3.43. The van der Waals surface area contributed by atoms with Gasteiger partial charge in [0.1, 0.15) is 17.2 Å².